The standard InChI is InChI=1S/C18H27BrN2O2/c1-20-17-7-4-9-21(13-17)18(22)15(8-10-23-2)11-14-5-3-6-16(19)12-14/h3,5-6,12,15,17,20H,4,7-11,13H2,1-2H3. The van der Waals surface area contributed by atoms with Crippen LogP contribution in [0.15, 0.2) is 28.7 Å². The van der Waals surface area contributed by atoms with Crippen molar-refractivity contribution >= 4 is 21.8 Å². The second-order valence-electron chi connectivity index (χ2n) is 6.22. The van der Waals surface area contributed by atoms with Gasteiger partial charge >= 0.3 is 0 Å². The van der Waals surface area contributed by atoms with E-state index in [1.165, 1.54) is 5.56 Å². The molecule has 0 saturated carbocycles. The van der Waals surface area contributed by atoms with Crippen LogP contribution in [0.3, 0.4) is 0 Å². The van der Waals surface area contributed by atoms with Gasteiger partial charge in [-0.1, -0.05) is 28.1 Å². The molecule has 0 radical (unpaired) electrons. The van der Waals surface area contributed by atoms with Gasteiger partial charge in [-0.25, -0.2) is 0 Å². The topological polar surface area (TPSA) is 41.6 Å². The summed E-state index contributed by atoms with van der Waals surface area (Å²) in [6.45, 7) is 2.31. The fourth-order valence-electron chi connectivity index (χ4n) is 3.19. The minimum absolute atomic E-state index is 0.0140. The van der Waals surface area contributed by atoms with Crippen molar-refractivity contribution < 1.29 is 9.53 Å². The molecule has 1 fully saturated rings. The monoisotopic (exact) mass is 382 g/mol. The molecule has 1 aliphatic rings. The average molecular weight is 383 g/mol. The Morgan fingerprint density at radius 1 is 1.52 bits per heavy atom. The molecule has 1 amide bonds. The molecule has 1 saturated heterocycles. The lowest BCUT2D eigenvalue weighted by atomic mass is 9.93. The second-order valence-corrected chi connectivity index (χ2v) is 7.14. The molecule has 5 heteroatoms. The molecule has 0 aromatic heterocycles. The average Bonchev–Trinajstić information content (AvgIpc) is 2.58. The van der Waals surface area contributed by atoms with Crippen molar-refractivity contribution in [3.63, 3.8) is 0 Å². The molecule has 0 bridgehead atoms. The zero-order valence-electron chi connectivity index (χ0n) is 14.1. The Morgan fingerprint density at radius 2 is 2.35 bits per heavy atom. The second kappa shape index (κ2) is 9.40. The van der Waals surface area contributed by atoms with Gasteiger partial charge in [0, 0.05) is 43.2 Å². The summed E-state index contributed by atoms with van der Waals surface area (Å²) in [5, 5.41) is 3.30. The first-order valence-corrected chi connectivity index (χ1v) is 9.12. The number of hydrogen-bond acceptors (Lipinski definition) is 3. The Morgan fingerprint density at radius 3 is 3.04 bits per heavy atom. The number of ether oxygens (including phenoxy) is 1. The molecule has 1 aromatic rings. The number of methoxy groups -OCH3 is 1. The van der Waals surface area contributed by atoms with Crippen molar-refractivity contribution in [2.75, 3.05) is 33.9 Å². The molecule has 128 valence electrons. The zero-order chi connectivity index (χ0) is 16.7. The molecule has 1 heterocycles. The van der Waals surface area contributed by atoms with Gasteiger partial charge in [0.1, 0.15) is 0 Å². The third-order valence-corrected chi connectivity index (χ3v) is 5.03. The van der Waals surface area contributed by atoms with Gasteiger partial charge < -0.3 is 15.0 Å². The highest BCUT2D eigenvalue weighted by Crippen LogP contribution is 2.21. The summed E-state index contributed by atoms with van der Waals surface area (Å²) in [5.74, 6) is 0.252. The van der Waals surface area contributed by atoms with Gasteiger partial charge in [-0.3, -0.25) is 4.79 Å². The molecular weight excluding hydrogens is 356 g/mol. The van der Waals surface area contributed by atoms with Crippen LogP contribution < -0.4 is 5.32 Å². The van der Waals surface area contributed by atoms with Crippen LogP contribution in [0.5, 0.6) is 0 Å². The summed E-state index contributed by atoms with van der Waals surface area (Å²) < 4.78 is 6.28. The van der Waals surface area contributed by atoms with Gasteiger partial charge in [-0.2, -0.15) is 0 Å². The predicted molar refractivity (Wildman–Crippen MR) is 96.5 cm³/mol. The number of rotatable bonds is 7. The van der Waals surface area contributed by atoms with Gasteiger partial charge in [0.15, 0.2) is 0 Å². The number of halogens is 1. The Labute approximate surface area is 147 Å². The molecule has 1 N–H and O–H groups in total. The van der Waals surface area contributed by atoms with E-state index in [0.717, 1.165) is 43.2 Å². The summed E-state index contributed by atoms with van der Waals surface area (Å²) in [6.07, 6.45) is 3.75. The van der Waals surface area contributed by atoms with Crippen LogP contribution in [0.1, 0.15) is 24.8 Å². The summed E-state index contributed by atoms with van der Waals surface area (Å²) in [7, 11) is 3.67. The first-order valence-electron chi connectivity index (χ1n) is 8.33. The van der Waals surface area contributed by atoms with Crippen molar-refractivity contribution in [2.45, 2.75) is 31.7 Å². The molecule has 23 heavy (non-hydrogen) atoms. The Bertz CT molecular complexity index is 510. The Balaban J connectivity index is 2.05. The normalized spacial score (nSPS) is 19.6. The van der Waals surface area contributed by atoms with E-state index in [1.54, 1.807) is 7.11 Å². The summed E-state index contributed by atoms with van der Waals surface area (Å²) in [4.78, 5) is 15.0. The molecule has 2 unspecified atom stereocenters. The van der Waals surface area contributed by atoms with E-state index in [4.69, 9.17) is 4.74 Å². The summed E-state index contributed by atoms with van der Waals surface area (Å²) in [5.41, 5.74) is 1.19. The van der Waals surface area contributed by atoms with Crippen molar-refractivity contribution in [1.82, 2.24) is 10.2 Å². The fourth-order valence-corrected chi connectivity index (χ4v) is 3.64. The van der Waals surface area contributed by atoms with E-state index < -0.39 is 0 Å². The molecule has 1 aromatic carbocycles. The van der Waals surface area contributed by atoms with Crippen LogP contribution in [-0.4, -0.2) is 50.7 Å². The highest BCUT2D eigenvalue weighted by Gasteiger charge is 2.28. The third kappa shape index (κ3) is 5.59. The number of benzene rings is 1. The summed E-state index contributed by atoms with van der Waals surface area (Å²) in [6, 6.07) is 8.64. The van der Waals surface area contributed by atoms with Crippen LogP contribution in [0.2, 0.25) is 0 Å². The number of likely N-dealkylation sites (N-methyl/N-ethyl adjacent to an activating group) is 1. The van der Waals surface area contributed by atoms with E-state index >= 15 is 0 Å². The number of carbonyl (C=O) groups excluding carboxylic acids is 1. The van der Waals surface area contributed by atoms with E-state index in [2.05, 4.69) is 33.4 Å². The van der Waals surface area contributed by atoms with Gasteiger partial charge in [-0.05, 0) is 50.4 Å². The smallest absolute Gasteiger partial charge is 0.226 e. The number of likely N-dealkylation sites (tertiary alicyclic amines) is 1. The quantitative estimate of drug-likeness (QED) is 0.787. The van der Waals surface area contributed by atoms with Gasteiger partial charge in [0.25, 0.3) is 0 Å². The van der Waals surface area contributed by atoms with E-state index in [-0.39, 0.29) is 11.8 Å². The van der Waals surface area contributed by atoms with E-state index in [1.807, 2.05) is 24.1 Å². The lowest BCUT2D eigenvalue weighted by Crippen LogP contribution is -2.49. The maximum atomic E-state index is 13.0. The predicted octanol–water partition coefficient (Wildman–Crippen LogP) is 2.85. The minimum atomic E-state index is -0.0140. The van der Waals surface area contributed by atoms with Crippen LogP contribution in [0, 0.1) is 5.92 Å². The highest BCUT2D eigenvalue weighted by atomic mass is 79.9. The third-order valence-electron chi connectivity index (χ3n) is 4.53. The van der Waals surface area contributed by atoms with E-state index in [0.29, 0.717) is 12.6 Å². The Hall–Kier alpha value is -0.910. The van der Waals surface area contributed by atoms with Gasteiger partial charge in [-0.15, -0.1) is 0 Å². The van der Waals surface area contributed by atoms with Crippen LogP contribution in [0.25, 0.3) is 0 Å². The molecule has 2 rings (SSSR count). The Kier molecular flexibility index (Phi) is 7.53. The van der Waals surface area contributed by atoms with Crippen LogP contribution in [-0.2, 0) is 16.0 Å². The SMILES string of the molecule is CNC1CCCN(C(=O)C(CCOC)Cc2cccc(Br)c2)C1. The van der Waals surface area contributed by atoms with Crippen molar-refractivity contribution in [1.29, 1.82) is 0 Å². The van der Waals surface area contributed by atoms with Crippen molar-refractivity contribution in [3.05, 3.63) is 34.3 Å². The molecule has 1 aliphatic heterocycles. The van der Waals surface area contributed by atoms with E-state index in [9.17, 15) is 4.79 Å². The van der Waals surface area contributed by atoms with Crippen molar-refractivity contribution in [3.8, 4) is 0 Å². The number of hydrogen-bond donors (Lipinski definition) is 1. The maximum Gasteiger partial charge on any atom is 0.226 e. The number of piperidine rings is 1. The molecule has 4 nitrogen and oxygen atoms in total. The fraction of sp³-hybridized carbons (Fsp3) is 0.611. The largest absolute Gasteiger partial charge is 0.385 e. The molecule has 2 atom stereocenters. The molecule has 0 spiro atoms. The first-order chi connectivity index (χ1) is 11.1. The highest BCUT2D eigenvalue weighted by molar-refractivity contribution is 9.10. The first kappa shape index (κ1) is 18.4. The number of nitrogens with zero attached hydrogens (tertiary/aromatic N) is 1. The lowest BCUT2D eigenvalue weighted by Gasteiger charge is -2.35. The lowest BCUT2D eigenvalue weighted by molar-refractivity contribution is -0.137. The van der Waals surface area contributed by atoms with Gasteiger partial charge in [0.2, 0.25) is 5.91 Å². The minimum Gasteiger partial charge on any atom is -0.385 e. The molecule has 0 aliphatic carbocycles. The number of nitrogens with one attached hydrogen (secondary N) is 1. The van der Waals surface area contributed by atoms with Crippen LogP contribution >= 0.6 is 15.9 Å². The van der Waals surface area contributed by atoms with Crippen molar-refractivity contribution in [2.24, 2.45) is 5.92 Å². The van der Waals surface area contributed by atoms with Gasteiger partial charge in [0.05, 0.1) is 0 Å². The number of carbonyl (C=O) groups is 1. The molecular formula is C18H27BrN2O2. The van der Waals surface area contributed by atoms with Crippen LogP contribution in [0.4, 0.5) is 0 Å². The number of amides is 1. The summed E-state index contributed by atoms with van der Waals surface area (Å²) >= 11 is 3.51. The zero-order valence-corrected chi connectivity index (χ0v) is 15.6. The maximum absolute atomic E-state index is 13.0.